The van der Waals surface area contributed by atoms with Crippen molar-refractivity contribution in [1.29, 1.82) is 0 Å². The molecule has 23 heavy (non-hydrogen) atoms. The predicted molar refractivity (Wildman–Crippen MR) is 105 cm³/mol. The Labute approximate surface area is 157 Å². The number of amides is 2. The Kier molecular flexibility index (Phi) is 6.59. The Hall–Kier alpha value is -1.41. The molecule has 0 bridgehead atoms. The minimum atomic E-state index is -0.187. The second-order valence-electron chi connectivity index (χ2n) is 4.96. The molecular formula is C17H16BrIN2O2. The van der Waals surface area contributed by atoms with Crippen molar-refractivity contribution in [3.8, 4) is 0 Å². The Morgan fingerprint density at radius 1 is 1.09 bits per heavy atom. The molecule has 0 aliphatic rings. The zero-order valence-electron chi connectivity index (χ0n) is 12.5. The number of hydrogen-bond donors (Lipinski definition) is 2. The van der Waals surface area contributed by atoms with Gasteiger partial charge in [-0.2, -0.15) is 0 Å². The predicted octanol–water partition coefficient (Wildman–Crippen LogP) is 5.04. The summed E-state index contributed by atoms with van der Waals surface area (Å²) in [5.74, 6) is -0.217. The van der Waals surface area contributed by atoms with Gasteiger partial charge in [0.2, 0.25) is 5.91 Å². The van der Waals surface area contributed by atoms with Gasteiger partial charge in [0.15, 0.2) is 0 Å². The van der Waals surface area contributed by atoms with Crippen molar-refractivity contribution in [1.82, 2.24) is 0 Å². The number of hydrogen-bond acceptors (Lipinski definition) is 2. The Bertz CT molecular complexity index is 734. The first-order valence-corrected chi connectivity index (χ1v) is 9.03. The summed E-state index contributed by atoms with van der Waals surface area (Å²) in [6, 6.07) is 12.7. The lowest BCUT2D eigenvalue weighted by molar-refractivity contribution is -0.116. The van der Waals surface area contributed by atoms with Crippen molar-refractivity contribution < 1.29 is 9.59 Å². The molecule has 4 nitrogen and oxygen atoms in total. The third-order valence-electron chi connectivity index (χ3n) is 3.05. The van der Waals surface area contributed by atoms with Crippen LogP contribution in [0.4, 0.5) is 11.4 Å². The molecule has 0 saturated carbocycles. The fourth-order valence-corrected chi connectivity index (χ4v) is 2.94. The molecule has 0 radical (unpaired) electrons. The largest absolute Gasteiger partial charge is 0.326 e. The number of benzene rings is 2. The van der Waals surface area contributed by atoms with E-state index < -0.39 is 0 Å². The van der Waals surface area contributed by atoms with Crippen LogP contribution in [0.3, 0.4) is 0 Å². The van der Waals surface area contributed by atoms with E-state index in [1.165, 1.54) is 0 Å². The molecule has 0 aliphatic carbocycles. The molecule has 0 heterocycles. The lowest BCUT2D eigenvalue weighted by Gasteiger charge is -2.10. The Morgan fingerprint density at radius 2 is 1.78 bits per heavy atom. The minimum absolute atomic E-state index is 0.0301. The third kappa shape index (κ3) is 5.31. The summed E-state index contributed by atoms with van der Waals surface area (Å²) in [4.78, 5) is 24.0. The number of halogens is 2. The molecule has 2 N–H and O–H groups in total. The fourth-order valence-electron chi connectivity index (χ4n) is 2.00. The van der Waals surface area contributed by atoms with E-state index in [2.05, 4.69) is 49.2 Å². The second kappa shape index (κ2) is 8.44. The lowest BCUT2D eigenvalue weighted by atomic mass is 10.2. The fraction of sp³-hybridized carbons (Fsp3) is 0.176. The van der Waals surface area contributed by atoms with E-state index in [1.54, 1.807) is 30.3 Å². The first-order chi connectivity index (χ1) is 11.0. The van der Waals surface area contributed by atoms with Crippen molar-refractivity contribution in [2.75, 3.05) is 10.6 Å². The monoisotopic (exact) mass is 486 g/mol. The van der Waals surface area contributed by atoms with E-state index in [0.717, 1.165) is 14.5 Å². The smallest absolute Gasteiger partial charge is 0.256 e. The molecule has 2 amide bonds. The highest BCUT2D eigenvalue weighted by Crippen LogP contribution is 2.21. The number of carbonyl (C=O) groups is 2. The van der Waals surface area contributed by atoms with Crippen molar-refractivity contribution >= 4 is 61.7 Å². The normalized spacial score (nSPS) is 10.2. The molecule has 6 heteroatoms. The maximum atomic E-state index is 12.4. The van der Waals surface area contributed by atoms with Gasteiger partial charge in [-0.15, -0.1) is 0 Å². The number of rotatable bonds is 5. The minimum Gasteiger partial charge on any atom is -0.326 e. The van der Waals surface area contributed by atoms with Crippen molar-refractivity contribution in [2.45, 2.75) is 19.8 Å². The van der Waals surface area contributed by atoms with Gasteiger partial charge < -0.3 is 10.6 Å². The zero-order chi connectivity index (χ0) is 16.8. The SMILES string of the molecule is CCCC(=O)Nc1cccc(NC(=O)c2cc(Br)ccc2I)c1. The Morgan fingerprint density at radius 3 is 2.48 bits per heavy atom. The molecular weight excluding hydrogens is 471 g/mol. The summed E-state index contributed by atoms with van der Waals surface area (Å²) in [6.45, 7) is 1.95. The molecule has 120 valence electrons. The average Bonchev–Trinajstić information content (AvgIpc) is 2.50. The summed E-state index contributed by atoms with van der Waals surface area (Å²) in [5.41, 5.74) is 1.91. The van der Waals surface area contributed by atoms with Gasteiger partial charge in [0.25, 0.3) is 5.91 Å². The van der Waals surface area contributed by atoms with Crippen LogP contribution < -0.4 is 10.6 Å². The molecule has 0 aromatic heterocycles. The van der Waals surface area contributed by atoms with Crippen molar-refractivity contribution in [3.05, 3.63) is 56.1 Å². The van der Waals surface area contributed by atoms with Crippen LogP contribution in [0.5, 0.6) is 0 Å². The molecule has 0 atom stereocenters. The first-order valence-electron chi connectivity index (χ1n) is 7.16. The molecule has 0 unspecified atom stereocenters. The van der Waals surface area contributed by atoms with Crippen LogP contribution in [0.1, 0.15) is 30.1 Å². The van der Waals surface area contributed by atoms with Gasteiger partial charge in [-0.3, -0.25) is 9.59 Å². The van der Waals surface area contributed by atoms with E-state index in [0.29, 0.717) is 23.4 Å². The summed E-state index contributed by atoms with van der Waals surface area (Å²) < 4.78 is 1.72. The van der Waals surface area contributed by atoms with E-state index in [9.17, 15) is 9.59 Å². The highest BCUT2D eigenvalue weighted by Gasteiger charge is 2.11. The number of nitrogens with one attached hydrogen (secondary N) is 2. The Balaban J connectivity index is 2.12. The van der Waals surface area contributed by atoms with Crippen molar-refractivity contribution in [2.24, 2.45) is 0 Å². The highest BCUT2D eigenvalue weighted by molar-refractivity contribution is 14.1. The van der Waals surface area contributed by atoms with Crippen LogP contribution in [0.25, 0.3) is 0 Å². The van der Waals surface area contributed by atoms with Gasteiger partial charge in [-0.1, -0.05) is 28.9 Å². The van der Waals surface area contributed by atoms with Gasteiger partial charge in [-0.25, -0.2) is 0 Å². The van der Waals surface area contributed by atoms with Gasteiger partial charge in [-0.05, 0) is 65.4 Å². The van der Waals surface area contributed by atoms with Crippen LogP contribution in [-0.4, -0.2) is 11.8 Å². The van der Waals surface area contributed by atoms with Crippen LogP contribution in [0.2, 0.25) is 0 Å². The summed E-state index contributed by atoms with van der Waals surface area (Å²) in [5, 5.41) is 5.67. The molecule has 2 aromatic carbocycles. The standard InChI is InChI=1S/C17H16BrIN2O2/c1-2-4-16(22)20-12-5-3-6-13(10-12)21-17(23)14-9-11(18)7-8-15(14)19/h3,5-10H,2,4H2,1H3,(H,20,22)(H,21,23). The van der Waals surface area contributed by atoms with Gasteiger partial charge in [0.1, 0.15) is 0 Å². The molecule has 2 aromatic rings. The molecule has 0 spiro atoms. The molecule has 2 rings (SSSR count). The topological polar surface area (TPSA) is 58.2 Å². The first kappa shape index (κ1) is 17.9. The van der Waals surface area contributed by atoms with Gasteiger partial charge in [0, 0.05) is 25.8 Å². The summed E-state index contributed by atoms with van der Waals surface area (Å²) >= 11 is 5.50. The van der Waals surface area contributed by atoms with Gasteiger partial charge in [0.05, 0.1) is 5.56 Å². The second-order valence-corrected chi connectivity index (χ2v) is 7.04. The van der Waals surface area contributed by atoms with Crippen molar-refractivity contribution in [3.63, 3.8) is 0 Å². The van der Waals surface area contributed by atoms with Crippen LogP contribution in [-0.2, 0) is 4.79 Å². The third-order valence-corrected chi connectivity index (χ3v) is 4.49. The quantitative estimate of drug-likeness (QED) is 0.581. The molecule has 0 saturated heterocycles. The number of anilines is 2. The van der Waals surface area contributed by atoms with E-state index in [1.807, 2.05) is 19.1 Å². The maximum Gasteiger partial charge on any atom is 0.256 e. The van der Waals surface area contributed by atoms with E-state index in [4.69, 9.17) is 0 Å². The average molecular weight is 487 g/mol. The van der Waals surface area contributed by atoms with E-state index in [-0.39, 0.29) is 11.8 Å². The van der Waals surface area contributed by atoms with Crippen LogP contribution in [0.15, 0.2) is 46.9 Å². The molecule has 0 aliphatic heterocycles. The summed E-state index contributed by atoms with van der Waals surface area (Å²) in [7, 11) is 0. The maximum absolute atomic E-state index is 12.4. The molecule has 0 fully saturated rings. The van der Waals surface area contributed by atoms with Crippen LogP contribution >= 0.6 is 38.5 Å². The zero-order valence-corrected chi connectivity index (χ0v) is 16.3. The lowest BCUT2D eigenvalue weighted by Crippen LogP contribution is -2.14. The summed E-state index contributed by atoms with van der Waals surface area (Å²) in [6.07, 6.45) is 1.27. The highest BCUT2D eigenvalue weighted by atomic mass is 127. The van der Waals surface area contributed by atoms with Gasteiger partial charge >= 0.3 is 0 Å². The van der Waals surface area contributed by atoms with E-state index >= 15 is 0 Å². The van der Waals surface area contributed by atoms with Crippen LogP contribution in [0, 0.1) is 3.57 Å². The number of carbonyl (C=O) groups excluding carboxylic acids is 2.